The highest BCUT2D eigenvalue weighted by Gasteiger charge is 2.00. The first kappa shape index (κ1) is 11.1. The van der Waals surface area contributed by atoms with Crippen molar-refractivity contribution in [1.29, 1.82) is 0 Å². The minimum Gasteiger partial charge on any atom is -0.481 e. The van der Waals surface area contributed by atoms with Gasteiger partial charge in [-0.3, -0.25) is 4.79 Å². The van der Waals surface area contributed by atoms with Gasteiger partial charge >= 0.3 is 5.97 Å². The largest absolute Gasteiger partial charge is 0.481 e. The van der Waals surface area contributed by atoms with Gasteiger partial charge in [0.1, 0.15) is 0 Å². The van der Waals surface area contributed by atoms with Crippen LogP contribution in [0, 0.1) is 6.92 Å². The van der Waals surface area contributed by atoms with Crippen LogP contribution in [-0.4, -0.2) is 11.1 Å². The molecule has 0 saturated heterocycles. The van der Waals surface area contributed by atoms with Crippen LogP contribution >= 0.6 is 11.6 Å². The van der Waals surface area contributed by atoms with Crippen LogP contribution in [0.5, 0.6) is 0 Å². The van der Waals surface area contributed by atoms with Crippen LogP contribution in [0.3, 0.4) is 0 Å². The van der Waals surface area contributed by atoms with E-state index in [2.05, 4.69) is 0 Å². The lowest BCUT2D eigenvalue weighted by Gasteiger charge is -2.02. The summed E-state index contributed by atoms with van der Waals surface area (Å²) < 4.78 is 0. The molecule has 0 bridgehead atoms. The van der Waals surface area contributed by atoms with E-state index < -0.39 is 5.97 Å². The molecule has 0 fully saturated rings. The summed E-state index contributed by atoms with van der Waals surface area (Å²) in [6, 6.07) is 5.85. The Balaban J connectivity index is 2.51. The van der Waals surface area contributed by atoms with E-state index in [0.717, 1.165) is 22.6 Å². The monoisotopic (exact) mass is 212 g/mol. The number of aryl methyl sites for hydroxylation is 2. The van der Waals surface area contributed by atoms with Crippen LogP contribution in [0.2, 0.25) is 5.02 Å². The Bertz CT molecular complexity index is 334. The maximum Gasteiger partial charge on any atom is 0.303 e. The van der Waals surface area contributed by atoms with Crippen LogP contribution in [0.15, 0.2) is 18.2 Å². The van der Waals surface area contributed by atoms with Gasteiger partial charge in [-0.25, -0.2) is 0 Å². The fourth-order valence-electron chi connectivity index (χ4n) is 1.24. The zero-order valence-corrected chi connectivity index (χ0v) is 8.84. The molecule has 3 heteroatoms. The number of hydrogen-bond donors (Lipinski definition) is 1. The number of carbonyl (C=O) groups is 1. The molecule has 0 atom stereocenters. The summed E-state index contributed by atoms with van der Waals surface area (Å²) in [7, 11) is 0. The number of aliphatic carboxylic acids is 1. The predicted molar refractivity (Wildman–Crippen MR) is 56.8 cm³/mol. The molecule has 0 aliphatic carbocycles. The second kappa shape index (κ2) is 5.01. The molecule has 1 aromatic rings. The summed E-state index contributed by atoms with van der Waals surface area (Å²) in [5.74, 6) is -0.747. The average Bonchev–Trinajstić information content (AvgIpc) is 2.10. The van der Waals surface area contributed by atoms with Crippen LogP contribution in [-0.2, 0) is 11.2 Å². The Labute approximate surface area is 88.5 Å². The predicted octanol–water partition coefficient (Wildman–Crippen LogP) is 3.06. The molecule has 0 aromatic heterocycles. The molecule has 0 unspecified atom stereocenters. The lowest BCUT2D eigenvalue weighted by atomic mass is 10.1. The van der Waals surface area contributed by atoms with Gasteiger partial charge in [0, 0.05) is 11.4 Å². The third-order valence-corrected chi connectivity index (χ3v) is 2.50. The summed E-state index contributed by atoms with van der Waals surface area (Å²) in [5, 5.41) is 9.21. The molecule has 0 saturated carbocycles. The summed E-state index contributed by atoms with van der Waals surface area (Å²) in [5.41, 5.74) is 2.15. The van der Waals surface area contributed by atoms with E-state index in [9.17, 15) is 4.79 Å². The van der Waals surface area contributed by atoms with Gasteiger partial charge in [-0.2, -0.15) is 0 Å². The normalized spacial score (nSPS) is 10.1. The van der Waals surface area contributed by atoms with Crippen LogP contribution < -0.4 is 0 Å². The highest BCUT2D eigenvalue weighted by atomic mass is 35.5. The fourth-order valence-corrected chi connectivity index (χ4v) is 1.44. The van der Waals surface area contributed by atoms with Crippen molar-refractivity contribution in [3.8, 4) is 0 Å². The molecule has 0 spiro atoms. The van der Waals surface area contributed by atoms with Gasteiger partial charge in [0.2, 0.25) is 0 Å². The number of carboxylic acid groups (broad SMARTS) is 1. The van der Waals surface area contributed by atoms with Crippen LogP contribution in [0.25, 0.3) is 0 Å². The Hall–Kier alpha value is -1.02. The van der Waals surface area contributed by atoms with Crippen molar-refractivity contribution in [3.05, 3.63) is 34.3 Å². The molecule has 14 heavy (non-hydrogen) atoms. The smallest absolute Gasteiger partial charge is 0.303 e. The topological polar surface area (TPSA) is 37.3 Å². The van der Waals surface area contributed by atoms with Gasteiger partial charge in [0.05, 0.1) is 0 Å². The van der Waals surface area contributed by atoms with Gasteiger partial charge in [-0.15, -0.1) is 0 Å². The molecule has 1 rings (SSSR count). The minimum atomic E-state index is -0.747. The lowest BCUT2D eigenvalue weighted by molar-refractivity contribution is -0.137. The zero-order chi connectivity index (χ0) is 10.6. The maximum absolute atomic E-state index is 10.3. The van der Waals surface area contributed by atoms with E-state index in [4.69, 9.17) is 16.7 Å². The highest BCUT2D eigenvalue weighted by molar-refractivity contribution is 6.31. The van der Waals surface area contributed by atoms with E-state index >= 15 is 0 Å². The van der Waals surface area contributed by atoms with Gasteiger partial charge in [-0.05, 0) is 37.0 Å². The number of rotatable bonds is 4. The first-order valence-corrected chi connectivity index (χ1v) is 4.94. The number of hydrogen-bond acceptors (Lipinski definition) is 1. The van der Waals surface area contributed by atoms with Gasteiger partial charge in [0.25, 0.3) is 0 Å². The van der Waals surface area contributed by atoms with Crippen molar-refractivity contribution in [2.45, 2.75) is 26.2 Å². The molecular weight excluding hydrogens is 200 g/mol. The van der Waals surface area contributed by atoms with E-state index in [0.29, 0.717) is 6.42 Å². The quantitative estimate of drug-likeness (QED) is 0.833. The molecule has 0 radical (unpaired) electrons. The molecule has 2 nitrogen and oxygen atoms in total. The Morgan fingerprint density at radius 1 is 1.50 bits per heavy atom. The van der Waals surface area contributed by atoms with E-state index in [1.165, 1.54) is 0 Å². The fraction of sp³-hybridized carbons (Fsp3) is 0.364. The molecule has 0 amide bonds. The standard InChI is InChI=1S/C11H13ClO2/c1-8-5-6-9(7-10(8)12)3-2-4-11(13)14/h5-7H,2-4H2,1H3,(H,13,14). The van der Waals surface area contributed by atoms with Crippen molar-refractivity contribution >= 4 is 17.6 Å². The van der Waals surface area contributed by atoms with Gasteiger partial charge in [0.15, 0.2) is 0 Å². The van der Waals surface area contributed by atoms with Crippen molar-refractivity contribution in [3.63, 3.8) is 0 Å². The first-order valence-electron chi connectivity index (χ1n) is 4.56. The summed E-state index contributed by atoms with van der Waals surface area (Å²) in [6.45, 7) is 1.95. The zero-order valence-electron chi connectivity index (χ0n) is 8.09. The first-order chi connectivity index (χ1) is 6.59. The van der Waals surface area contributed by atoms with Gasteiger partial charge in [-0.1, -0.05) is 23.7 Å². The SMILES string of the molecule is Cc1ccc(CCCC(=O)O)cc1Cl. The molecule has 1 N–H and O–H groups in total. The number of carboxylic acids is 1. The third kappa shape index (κ3) is 3.38. The van der Waals surface area contributed by atoms with Crippen LogP contribution in [0.4, 0.5) is 0 Å². The molecule has 0 aliphatic rings. The molecule has 76 valence electrons. The maximum atomic E-state index is 10.3. The molecule has 1 aromatic carbocycles. The molecule has 0 aliphatic heterocycles. The third-order valence-electron chi connectivity index (χ3n) is 2.09. The Morgan fingerprint density at radius 2 is 2.21 bits per heavy atom. The summed E-state index contributed by atoms with van der Waals surface area (Å²) >= 11 is 5.94. The second-order valence-electron chi connectivity index (χ2n) is 3.33. The summed E-state index contributed by atoms with van der Waals surface area (Å²) in [4.78, 5) is 10.3. The minimum absolute atomic E-state index is 0.214. The van der Waals surface area contributed by atoms with E-state index in [1.54, 1.807) is 0 Å². The number of halogens is 1. The van der Waals surface area contributed by atoms with Crippen molar-refractivity contribution in [2.75, 3.05) is 0 Å². The van der Waals surface area contributed by atoms with Crippen molar-refractivity contribution in [1.82, 2.24) is 0 Å². The Morgan fingerprint density at radius 3 is 2.79 bits per heavy atom. The van der Waals surface area contributed by atoms with E-state index in [1.807, 2.05) is 25.1 Å². The Kier molecular flexibility index (Phi) is 3.96. The van der Waals surface area contributed by atoms with Crippen molar-refractivity contribution in [2.24, 2.45) is 0 Å². The second-order valence-corrected chi connectivity index (χ2v) is 3.74. The highest BCUT2D eigenvalue weighted by Crippen LogP contribution is 2.17. The van der Waals surface area contributed by atoms with Crippen LogP contribution in [0.1, 0.15) is 24.0 Å². The molecular formula is C11H13ClO2. The summed E-state index contributed by atoms with van der Waals surface area (Å²) in [6.07, 6.45) is 1.65. The van der Waals surface area contributed by atoms with Gasteiger partial charge < -0.3 is 5.11 Å². The average molecular weight is 213 g/mol. The van der Waals surface area contributed by atoms with E-state index in [-0.39, 0.29) is 6.42 Å². The molecule has 0 heterocycles. The number of benzene rings is 1. The lowest BCUT2D eigenvalue weighted by Crippen LogP contribution is -1.95. The van der Waals surface area contributed by atoms with Crippen molar-refractivity contribution < 1.29 is 9.90 Å².